The number of rotatable bonds is 2. The molecule has 0 saturated carbocycles. The summed E-state index contributed by atoms with van der Waals surface area (Å²) >= 11 is 0. The average Bonchev–Trinajstić information content (AvgIpc) is 2.28. The smallest absolute Gasteiger partial charge is 0.334 e. The summed E-state index contributed by atoms with van der Waals surface area (Å²) in [6.07, 6.45) is 5.25. The standard InChI is InChI=1S/C10H12O2/c1-7(2)4-5-9-6-8(3)10(11)12-9/h4-6,9H,1H2,2-3H3/b5-4+. The van der Waals surface area contributed by atoms with Gasteiger partial charge in [0.25, 0.3) is 0 Å². The number of carbonyl (C=O) groups excluding carboxylic acids is 1. The monoisotopic (exact) mass is 164 g/mol. The summed E-state index contributed by atoms with van der Waals surface area (Å²) in [6, 6.07) is 0. The molecule has 0 saturated heterocycles. The molecular formula is C10H12O2. The lowest BCUT2D eigenvalue weighted by Gasteiger charge is -2.00. The van der Waals surface area contributed by atoms with Gasteiger partial charge in [0.2, 0.25) is 0 Å². The van der Waals surface area contributed by atoms with Gasteiger partial charge in [0.15, 0.2) is 0 Å². The number of carbonyl (C=O) groups is 1. The van der Waals surface area contributed by atoms with Crippen LogP contribution in [0.25, 0.3) is 0 Å². The van der Waals surface area contributed by atoms with Crippen LogP contribution in [0.15, 0.2) is 36.0 Å². The van der Waals surface area contributed by atoms with Crippen LogP contribution in [-0.2, 0) is 9.53 Å². The fourth-order valence-corrected chi connectivity index (χ4v) is 0.919. The molecule has 1 aliphatic heterocycles. The molecule has 1 aliphatic rings. The third kappa shape index (κ3) is 2.09. The van der Waals surface area contributed by atoms with Crippen molar-refractivity contribution >= 4 is 5.97 Å². The van der Waals surface area contributed by atoms with Gasteiger partial charge < -0.3 is 4.74 Å². The lowest BCUT2D eigenvalue weighted by atomic mass is 10.2. The van der Waals surface area contributed by atoms with E-state index in [1.165, 1.54) is 0 Å². The van der Waals surface area contributed by atoms with E-state index in [-0.39, 0.29) is 12.1 Å². The summed E-state index contributed by atoms with van der Waals surface area (Å²) in [5, 5.41) is 0. The van der Waals surface area contributed by atoms with Crippen molar-refractivity contribution in [2.45, 2.75) is 20.0 Å². The number of allylic oxidation sites excluding steroid dienone is 2. The van der Waals surface area contributed by atoms with Gasteiger partial charge in [-0.05, 0) is 26.0 Å². The van der Waals surface area contributed by atoms with E-state index in [1.807, 2.05) is 19.1 Å². The fraction of sp³-hybridized carbons (Fsp3) is 0.300. The molecule has 0 aliphatic carbocycles. The first-order chi connectivity index (χ1) is 5.59. The molecule has 0 aromatic carbocycles. The number of ether oxygens (including phenoxy) is 1. The highest BCUT2D eigenvalue weighted by molar-refractivity contribution is 5.90. The van der Waals surface area contributed by atoms with E-state index in [1.54, 1.807) is 13.0 Å². The second-order valence-electron chi connectivity index (χ2n) is 2.93. The SMILES string of the molecule is C=C(C)/C=C/C1C=C(C)C(=O)O1. The topological polar surface area (TPSA) is 26.3 Å². The van der Waals surface area contributed by atoms with E-state index in [0.29, 0.717) is 5.57 Å². The minimum Gasteiger partial charge on any atom is -0.450 e. The highest BCUT2D eigenvalue weighted by atomic mass is 16.5. The molecule has 0 radical (unpaired) electrons. The third-order valence-corrected chi connectivity index (χ3v) is 1.55. The first-order valence-corrected chi connectivity index (χ1v) is 3.82. The van der Waals surface area contributed by atoms with Crippen molar-refractivity contribution in [2.75, 3.05) is 0 Å². The Morgan fingerprint density at radius 1 is 1.75 bits per heavy atom. The van der Waals surface area contributed by atoms with Crippen LogP contribution >= 0.6 is 0 Å². The quantitative estimate of drug-likeness (QED) is 0.461. The van der Waals surface area contributed by atoms with Gasteiger partial charge in [-0.3, -0.25) is 0 Å². The van der Waals surface area contributed by atoms with Crippen LogP contribution in [0.1, 0.15) is 13.8 Å². The largest absolute Gasteiger partial charge is 0.450 e. The van der Waals surface area contributed by atoms with Gasteiger partial charge in [-0.2, -0.15) is 0 Å². The molecule has 0 N–H and O–H groups in total. The van der Waals surface area contributed by atoms with Crippen LogP contribution < -0.4 is 0 Å². The zero-order valence-electron chi connectivity index (χ0n) is 7.33. The third-order valence-electron chi connectivity index (χ3n) is 1.55. The van der Waals surface area contributed by atoms with E-state index < -0.39 is 0 Å². The lowest BCUT2D eigenvalue weighted by molar-refractivity contribution is -0.138. The van der Waals surface area contributed by atoms with E-state index >= 15 is 0 Å². The van der Waals surface area contributed by atoms with Crippen LogP contribution in [-0.4, -0.2) is 12.1 Å². The maximum Gasteiger partial charge on any atom is 0.334 e. The fourth-order valence-electron chi connectivity index (χ4n) is 0.919. The Morgan fingerprint density at radius 2 is 2.42 bits per heavy atom. The van der Waals surface area contributed by atoms with Crippen molar-refractivity contribution in [1.29, 1.82) is 0 Å². The molecule has 1 heterocycles. The number of hydrogen-bond acceptors (Lipinski definition) is 2. The number of esters is 1. The summed E-state index contributed by atoms with van der Waals surface area (Å²) in [7, 11) is 0. The van der Waals surface area contributed by atoms with Crippen molar-refractivity contribution < 1.29 is 9.53 Å². The molecule has 1 unspecified atom stereocenters. The normalized spacial score (nSPS) is 22.7. The van der Waals surface area contributed by atoms with E-state index in [0.717, 1.165) is 5.57 Å². The van der Waals surface area contributed by atoms with Crippen molar-refractivity contribution in [3.05, 3.63) is 36.0 Å². The maximum absolute atomic E-state index is 10.9. The number of hydrogen-bond donors (Lipinski definition) is 0. The van der Waals surface area contributed by atoms with Crippen LogP contribution in [0.4, 0.5) is 0 Å². The minimum absolute atomic E-state index is 0.200. The number of cyclic esters (lactones) is 1. The molecule has 0 spiro atoms. The van der Waals surface area contributed by atoms with Crippen LogP contribution in [0.5, 0.6) is 0 Å². The van der Waals surface area contributed by atoms with E-state index in [9.17, 15) is 4.79 Å². The maximum atomic E-state index is 10.9. The van der Waals surface area contributed by atoms with Gasteiger partial charge >= 0.3 is 5.97 Å². The lowest BCUT2D eigenvalue weighted by Crippen LogP contribution is -2.04. The van der Waals surface area contributed by atoms with Crippen LogP contribution in [0.3, 0.4) is 0 Å². The Morgan fingerprint density at radius 3 is 2.83 bits per heavy atom. The molecular weight excluding hydrogens is 152 g/mol. The van der Waals surface area contributed by atoms with Crippen LogP contribution in [0.2, 0.25) is 0 Å². The Bertz CT molecular complexity index is 272. The van der Waals surface area contributed by atoms with Crippen molar-refractivity contribution in [1.82, 2.24) is 0 Å². The Balaban J connectivity index is 2.59. The molecule has 0 aromatic heterocycles. The Hall–Kier alpha value is -1.31. The first-order valence-electron chi connectivity index (χ1n) is 3.82. The summed E-state index contributed by atoms with van der Waals surface area (Å²) < 4.78 is 4.96. The predicted molar refractivity (Wildman–Crippen MR) is 47.6 cm³/mol. The summed E-state index contributed by atoms with van der Waals surface area (Å²) in [5.74, 6) is -0.230. The molecule has 1 atom stereocenters. The zero-order valence-corrected chi connectivity index (χ0v) is 7.33. The van der Waals surface area contributed by atoms with Gasteiger partial charge in [-0.15, -0.1) is 0 Å². The van der Waals surface area contributed by atoms with Gasteiger partial charge in [-0.25, -0.2) is 4.79 Å². The van der Waals surface area contributed by atoms with Gasteiger partial charge in [0, 0.05) is 5.57 Å². The molecule has 0 bridgehead atoms. The molecule has 2 nitrogen and oxygen atoms in total. The molecule has 0 fully saturated rings. The Labute approximate surface area is 72.2 Å². The highest BCUT2D eigenvalue weighted by Crippen LogP contribution is 2.13. The molecule has 64 valence electrons. The zero-order chi connectivity index (χ0) is 9.14. The van der Waals surface area contributed by atoms with Crippen molar-refractivity contribution in [3.8, 4) is 0 Å². The molecule has 2 heteroatoms. The second kappa shape index (κ2) is 3.39. The molecule has 1 rings (SSSR count). The highest BCUT2D eigenvalue weighted by Gasteiger charge is 2.19. The summed E-state index contributed by atoms with van der Waals surface area (Å²) in [4.78, 5) is 10.9. The first kappa shape index (κ1) is 8.78. The van der Waals surface area contributed by atoms with Gasteiger partial charge in [0.1, 0.15) is 6.10 Å². The molecule has 0 amide bonds. The molecule has 0 aromatic rings. The Kier molecular flexibility index (Phi) is 2.48. The molecule has 12 heavy (non-hydrogen) atoms. The summed E-state index contributed by atoms with van der Waals surface area (Å²) in [6.45, 7) is 7.35. The minimum atomic E-state index is -0.230. The van der Waals surface area contributed by atoms with E-state index in [4.69, 9.17) is 4.74 Å². The van der Waals surface area contributed by atoms with Crippen LogP contribution in [0, 0.1) is 0 Å². The van der Waals surface area contributed by atoms with Gasteiger partial charge in [0.05, 0.1) is 0 Å². The second-order valence-corrected chi connectivity index (χ2v) is 2.93. The summed E-state index contributed by atoms with van der Waals surface area (Å²) in [5.41, 5.74) is 1.62. The van der Waals surface area contributed by atoms with E-state index in [2.05, 4.69) is 6.58 Å². The van der Waals surface area contributed by atoms with Gasteiger partial charge in [-0.1, -0.05) is 18.2 Å². The average molecular weight is 164 g/mol. The van der Waals surface area contributed by atoms with Crippen molar-refractivity contribution in [2.24, 2.45) is 0 Å². The van der Waals surface area contributed by atoms with Crippen molar-refractivity contribution in [3.63, 3.8) is 0 Å². The predicted octanol–water partition coefficient (Wildman–Crippen LogP) is 1.99.